The summed E-state index contributed by atoms with van der Waals surface area (Å²) in [6, 6.07) is 0. The molecule has 2 heteroatoms. The number of hydrogen-bond donors (Lipinski definition) is 0. The Kier molecular flexibility index (Phi) is 7.17. The van der Waals surface area contributed by atoms with E-state index < -0.39 is 0 Å². The second kappa shape index (κ2) is 9.36. The molecule has 2 aliphatic rings. The van der Waals surface area contributed by atoms with Crippen LogP contribution in [0.25, 0.3) is 0 Å². The van der Waals surface area contributed by atoms with Crippen LogP contribution in [0.15, 0.2) is 59.8 Å². The van der Waals surface area contributed by atoms with Gasteiger partial charge in [0.05, 0.1) is 0 Å². The maximum atomic E-state index is 12.9. The lowest BCUT2D eigenvalue weighted by molar-refractivity contribution is -0.119. The Hall–Kier alpha value is -1.96. The number of allylic oxidation sites excluding steroid dienone is 10. The van der Waals surface area contributed by atoms with Gasteiger partial charge < -0.3 is 0 Å². The monoisotopic (exact) mass is 324 g/mol. The van der Waals surface area contributed by atoms with Crippen LogP contribution >= 0.6 is 0 Å². The smallest absolute Gasteiger partial charge is 0.165 e. The molecule has 0 aromatic heterocycles. The Bertz CT molecular complexity index is 614. The molecule has 0 radical (unpaired) electrons. The van der Waals surface area contributed by atoms with Crippen LogP contribution in [0, 0.1) is 11.8 Å². The van der Waals surface area contributed by atoms with Crippen LogP contribution in [0.3, 0.4) is 0 Å². The van der Waals surface area contributed by atoms with Gasteiger partial charge in [-0.25, -0.2) is 0 Å². The first-order valence-electron chi connectivity index (χ1n) is 9.09. The van der Waals surface area contributed by atoms with Crippen LogP contribution in [0.5, 0.6) is 0 Å². The van der Waals surface area contributed by atoms with E-state index >= 15 is 0 Å². The molecule has 2 nitrogen and oxygen atoms in total. The highest BCUT2D eigenvalue weighted by molar-refractivity contribution is 6.02. The van der Waals surface area contributed by atoms with Crippen molar-refractivity contribution in [2.45, 2.75) is 52.4 Å². The van der Waals surface area contributed by atoms with Gasteiger partial charge in [-0.2, -0.15) is 0 Å². The van der Waals surface area contributed by atoms with Crippen LogP contribution in [-0.4, -0.2) is 11.6 Å². The number of Topliss-reactive ketones (excluding diaryl/α,β-unsaturated/α-hetero) is 1. The molecule has 0 N–H and O–H groups in total. The largest absolute Gasteiger partial charge is 0.295 e. The van der Waals surface area contributed by atoms with Crippen molar-refractivity contribution in [3.05, 3.63) is 59.8 Å². The topological polar surface area (TPSA) is 34.1 Å². The van der Waals surface area contributed by atoms with E-state index in [1.54, 1.807) is 12.2 Å². The van der Waals surface area contributed by atoms with Crippen molar-refractivity contribution in [2.75, 3.05) is 0 Å². The van der Waals surface area contributed by atoms with Gasteiger partial charge in [-0.3, -0.25) is 9.59 Å². The number of hydrogen-bond acceptors (Lipinski definition) is 2. The number of carbonyl (C=O) groups is 2. The molecule has 2 rings (SSSR count). The third kappa shape index (κ3) is 5.59. The maximum Gasteiger partial charge on any atom is 0.165 e. The average Bonchev–Trinajstić information content (AvgIpc) is 2.76. The van der Waals surface area contributed by atoms with Gasteiger partial charge in [0.1, 0.15) is 0 Å². The molecule has 0 heterocycles. The molecule has 0 saturated carbocycles. The van der Waals surface area contributed by atoms with Crippen LogP contribution in [0.1, 0.15) is 52.4 Å². The third-order valence-corrected chi connectivity index (χ3v) is 4.57. The first kappa shape index (κ1) is 18.4. The molecule has 0 aromatic carbocycles. The highest BCUT2D eigenvalue weighted by Gasteiger charge is 2.21. The fourth-order valence-corrected chi connectivity index (χ4v) is 3.15. The second-order valence-electron chi connectivity index (χ2n) is 6.79. The summed E-state index contributed by atoms with van der Waals surface area (Å²) < 4.78 is 0. The predicted octanol–water partition coefficient (Wildman–Crippen LogP) is 5.29. The lowest BCUT2D eigenvalue weighted by Crippen LogP contribution is -2.16. The van der Waals surface area contributed by atoms with Gasteiger partial charge in [0, 0.05) is 17.9 Å². The van der Waals surface area contributed by atoms with Gasteiger partial charge in [-0.05, 0) is 49.3 Å². The Labute approximate surface area is 145 Å². The summed E-state index contributed by atoms with van der Waals surface area (Å²) >= 11 is 0. The first-order valence-corrected chi connectivity index (χ1v) is 9.09. The maximum absolute atomic E-state index is 12.9. The molecule has 0 aromatic rings. The van der Waals surface area contributed by atoms with E-state index in [9.17, 15) is 9.59 Å². The van der Waals surface area contributed by atoms with E-state index in [-0.39, 0.29) is 17.5 Å². The van der Waals surface area contributed by atoms with E-state index in [2.05, 4.69) is 44.2 Å². The number of ketones is 2. The first-order chi connectivity index (χ1) is 11.6. The molecular weight excluding hydrogens is 296 g/mol. The Morgan fingerprint density at radius 3 is 2.92 bits per heavy atom. The van der Waals surface area contributed by atoms with Crippen LogP contribution in [-0.2, 0) is 9.59 Å². The molecule has 0 bridgehead atoms. The molecule has 2 aliphatic carbocycles. The van der Waals surface area contributed by atoms with Gasteiger partial charge in [0.25, 0.3) is 0 Å². The lowest BCUT2D eigenvalue weighted by Gasteiger charge is -2.17. The molecule has 0 saturated heterocycles. The SMILES string of the molecule is CCCC(CC1=CC=CC(C)CC=C1)C(=O)C1=CCCC(=O)C=C1. The molecule has 2 atom stereocenters. The summed E-state index contributed by atoms with van der Waals surface area (Å²) in [7, 11) is 0. The molecule has 128 valence electrons. The fraction of sp³-hybridized carbons (Fsp3) is 0.455. The van der Waals surface area contributed by atoms with E-state index in [1.165, 1.54) is 5.57 Å². The minimum atomic E-state index is -0.0137. The fourth-order valence-electron chi connectivity index (χ4n) is 3.15. The van der Waals surface area contributed by atoms with E-state index in [0.29, 0.717) is 24.3 Å². The Morgan fingerprint density at radius 1 is 1.29 bits per heavy atom. The molecule has 0 amide bonds. The standard InChI is InChI=1S/C22H28O2/c1-3-7-20(16-18-10-4-8-17(2)9-5-11-18)22(24)19-12-6-13-21(23)15-14-19/h4-5,8,10-12,14-15,17,20H,3,6-7,9,13,16H2,1-2H3. The van der Waals surface area contributed by atoms with Gasteiger partial charge >= 0.3 is 0 Å². The Morgan fingerprint density at radius 2 is 2.12 bits per heavy atom. The van der Waals surface area contributed by atoms with E-state index in [1.807, 2.05) is 6.08 Å². The minimum absolute atomic E-state index is 0.0137. The molecule has 0 fully saturated rings. The van der Waals surface area contributed by atoms with E-state index in [4.69, 9.17) is 0 Å². The molecular formula is C22H28O2. The van der Waals surface area contributed by atoms with Crippen LogP contribution in [0.4, 0.5) is 0 Å². The zero-order chi connectivity index (χ0) is 17.4. The summed E-state index contributed by atoms with van der Waals surface area (Å²) in [5.41, 5.74) is 1.91. The van der Waals surface area contributed by atoms with Crippen molar-refractivity contribution in [1.29, 1.82) is 0 Å². The molecule has 24 heavy (non-hydrogen) atoms. The van der Waals surface area contributed by atoms with Gasteiger partial charge in [0.2, 0.25) is 0 Å². The minimum Gasteiger partial charge on any atom is -0.295 e. The third-order valence-electron chi connectivity index (χ3n) is 4.57. The zero-order valence-corrected chi connectivity index (χ0v) is 14.8. The van der Waals surface area contributed by atoms with Gasteiger partial charge in [-0.1, -0.05) is 56.7 Å². The predicted molar refractivity (Wildman–Crippen MR) is 99.6 cm³/mol. The quantitative estimate of drug-likeness (QED) is 0.665. The summed E-state index contributed by atoms with van der Waals surface area (Å²) in [6.07, 6.45) is 20.8. The Balaban J connectivity index is 2.13. The van der Waals surface area contributed by atoms with Crippen molar-refractivity contribution in [2.24, 2.45) is 11.8 Å². The summed E-state index contributed by atoms with van der Waals surface area (Å²) in [4.78, 5) is 24.4. The number of carbonyl (C=O) groups excluding carboxylic acids is 2. The molecule has 2 unspecified atom stereocenters. The molecule has 0 aliphatic heterocycles. The highest BCUT2D eigenvalue weighted by Crippen LogP contribution is 2.25. The highest BCUT2D eigenvalue weighted by atomic mass is 16.1. The summed E-state index contributed by atoms with van der Waals surface area (Å²) in [6.45, 7) is 4.32. The van der Waals surface area contributed by atoms with Crippen molar-refractivity contribution < 1.29 is 9.59 Å². The van der Waals surface area contributed by atoms with Crippen molar-refractivity contribution >= 4 is 11.6 Å². The average molecular weight is 324 g/mol. The van der Waals surface area contributed by atoms with Crippen LogP contribution < -0.4 is 0 Å². The summed E-state index contributed by atoms with van der Waals surface area (Å²) in [5, 5.41) is 0. The van der Waals surface area contributed by atoms with E-state index in [0.717, 1.165) is 25.7 Å². The summed E-state index contributed by atoms with van der Waals surface area (Å²) in [5.74, 6) is 0.828. The zero-order valence-electron chi connectivity index (χ0n) is 14.8. The van der Waals surface area contributed by atoms with Crippen molar-refractivity contribution in [1.82, 2.24) is 0 Å². The van der Waals surface area contributed by atoms with Crippen molar-refractivity contribution in [3.63, 3.8) is 0 Å². The van der Waals surface area contributed by atoms with Gasteiger partial charge in [-0.15, -0.1) is 0 Å². The van der Waals surface area contributed by atoms with Crippen LogP contribution in [0.2, 0.25) is 0 Å². The molecule has 0 spiro atoms. The normalized spacial score (nSPS) is 22.2. The number of rotatable bonds is 6. The lowest BCUT2D eigenvalue weighted by atomic mass is 9.86. The van der Waals surface area contributed by atoms with Crippen molar-refractivity contribution in [3.8, 4) is 0 Å². The second-order valence-corrected chi connectivity index (χ2v) is 6.79. The van der Waals surface area contributed by atoms with Gasteiger partial charge in [0.15, 0.2) is 11.6 Å².